The maximum atomic E-state index is 5.03. The van der Waals surface area contributed by atoms with Crippen LogP contribution in [0.3, 0.4) is 0 Å². The smallest absolute Gasteiger partial charge is 0.0589 e. The number of nitrogens with one attached hydrogen (secondary N) is 1. The van der Waals surface area contributed by atoms with Crippen molar-refractivity contribution in [3.05, 3.63) is 0 Å². The molecular weight excluding hydrogens is 224 g/mol. The van der Waals surface area contributed by atoms with Crippen molar-refractivity contribution in [2.24, 2.45) is 5.41 Å². The Morgan fingerprint density at radius 3 is 2.31 bits per heavy atom. The van der Waals surface area contributed by atoms with Gasteiger partial charge in [-0.25, -0.2) is 0 Å². The molecule has 0 atom stereocenters. The van der Waals surface area contributed by atoms with Gasteiger partial charge in [0, 0.05) is 13.7 Å². The average molecular weight is 253 g/mol. The van der Waals surface area contributed by atoms with Crippen molar-refractivity contribution < 1.29 is 4.74 Å². The zero-order chi connectivity index (χ0) is 11.7. The molecule has 0 aliphatic carbocycles. The fourth-order valence-corrected chi connectivity index (χ4v) is 1.30. The molecule has 0 aromatic heterocycles. The highest BCUT2D eigenvalue weighted by atomic mass is 35.5. The predicted octanol–water partition coefficient (Wildman–Crippen LogP) is 2.01. The summed E-state index contributed by atoms with van der Waals surface area (Å²) in [4.78, 5) is 2.31. The first-order chi connectivity index (χ1) is 6.95. The number of rotatable bonds is 8. The molecule has 0 aromatic rings. The Labute approximate surface area is 107 Å². The average Bonchev–Trinajstić information content (AvgIpc) is 2.12. The second kappa shape index (κ2) is 10.3. The van der Waals surface area contributed by atoms with Crippen LogP contribution in [0.4, 0.5) is 0 Å². The lowest BCUT2D eigenvalue weighted by Gasteiger charge is -2.20. The number of likely N-dealkylation sites (N-methyl/N-ethyl adjacent to an activating group) is 1. The first-order valence-electron chi connectivity index (χ1n) is 5.84. The molecule has 0 rings (SSSR count). The van der Waals surface area contributed by atoms with Crippen LogP contribution in [0.1, 0.15) is 27.2 Å². The minimum absolute atomic E-state index is 0. The number of methoxy groups -OCH3 is 1. The van der Waals surface area contributed by atoms with Crippen molar-refractivity contribution in [2.45, 2.75) is 27.2 Å². The van der Waals surface area contributed by atoms with Gasteiger partial charge in [-0.15, -0.1) is 12.4 Å². The fraction of sp³-hybridized carbons (Fsp3) is 1.00. The second-order valence-electron chi connectivity index (χ2n) is 5.39. The van der Waals surface area contributed by atoms with E-state index >= 15 is 0 Å². The van der Waals surface area contributed by atoms with E-state index < -0.39 is 0 Å². The first-order valence-corrected chi connectivity index (χ1v) is 5.84. The SMILES string of the molecule is COCCN(C)CCCNCC(C)(C)C.Cl. The maximum Gasteiger partial charge on any atom is 0.0589 e. The second-order valence-corrected chi connectivity index (χ2v) is 5.39. The lowest BCUT2D eigenvalue weighted by molar-refractivity contribution is 0.160. The van der Waals surface area contributed by atoms with E-state index in [2.05, 4.69) is 38.0 Å². The molecule has 0 radical (unpaired) electrons. The van der Waals surface area contributed by atoms with Gasteiger partial charge in [0.2, 0.25) is 0 Å². The molecule has 0 fully saturated rings. The molecule has 4 heteroatoms. The molecule has 0 bridgehead atoms. The Morgan fingerprint density at radius 2 is 1.81 bits per heavy atom. The molecule has 0 saturated carbocycles. The summed E-state index contributed by atoms with van der Waals surface area (Å²) in [6, 6.07) is 0. The van der Waals surface area contributed by atoms with E-state index in [0.29, 0.717) is 5.41 Å². The molecule has 0 aliphatic heterocycles. The van der Waals surface area contributed by atoms with E-state index in [4.69, 9.17) is 4.74 Å². The van der Waals surface area contributed by atoms with Gasteiger partial charge in [-0.3, -0.25) is 0 Å². The van der Waals surface area contributed by atoms with Crippen molar-refractivity contribution in [1.29, 1.82) is 0 Å². The molecule has 0 aromatic carbocycles. The summed E-state index contributed by atoms with van der Waals surface area (Å²) < 4.78 is 5.03. The molecule has 3 nitrogen and oxygen atoms in total. The largest absolute Gasteiger partial charge is 0.383 e. The summed E-state index contributed by atoms with van der Waals surface area (Å²) in [5.41, 5.74) is 0.391. The van der Waals surface area contributed by atoms with Crippen molar-refractivity contribution >= 4 is 12.4 Å². The summed E-state index contributed by atoms with van der Waals surface area (Å²) in [5.74, 6) is 0. The number of ether oxygens (including phenoxy) is 1. The Balaban J connectivity index is 0. The Kier molecular flexibility index (Phi) is 12.0. The van der Waals surface area contributed by atoms with Gasteiger partial charge in [-0.2, -0.15) is 0 Å². The van der Waals surface area contributed by atoms with Gasteiger partial charge < -0.3 is 15.0 Å². The monoisotopic (exact) mass is 252 g/mol. The number of hydrogen-bond donors (Lipinski definition) is 1. The van der Waals surface area contributed by atoms with Gasteiger partial charge in [-0.05, 0) is 38.5 Å². The summed E-state index contributed by atoms with van der Waals surface area (Å²) in [7, 11) is 3.89. The highest BCUT2D eigenvalue weighted by Crippen LogP contribution is 2.09. The summed E-state index contributed by atoms with van der Waals surface area (Å²) in [5, 5.41) is 3.48. The summed E-state index contributed by atoms with van der Waals surface area (Å²) >= 11 is 0. The minimum atomic E-state index is 0. The van der Waals surface area contributed by atoms with Crippen LogP contribution in [0.15, 0.2) is 0 Å². The van der Waals surface area contributed by atoms with Crippen LogP contribution < -0.4 is 5.32 Å². The van der Waals surface area contributed by atoms with Crippen molar-refractivity contribution in [3.8, 4) is 0 Å². The van der Waals surface area contributed by atoms with Gasteiger partial charge in [-0.1, -0.05) is 20.8 Å². The quantitative estimate of drug-likeness (QED) is 0.669. The van der Waals surface area contributed by atoms with E-state index in [0.717, 1.165) is 32.8 Å². The number of nitrogens with zero attached hydrogens (tertiary/aromatic N) is 1. The third-order valence-corrected chi connectivity index (χ3v) is 2.23. The Bertz CT molecular complexity index is 148. The molecule has 16 heavy (non-hydrogen) atoms. The third kappa shape index (κ3) is 14.2. The van der Waals surface area contributed by atoms with Crippen molar-refractivity contribution in [1.82, 2.24) is 10.2 Å². The Morgan fingerprint density at radius 1 is 1.19 bits per heavy atom. The number of halogens is 1. The standard InChI is InChI=1S/C12H28N2O.ClH/c1-12(2,3)11-13-7-6-8-14(4)9-10-15-5;/h13H,6-11H2,1-5H3;1H. The molecule has 0 saturated heterocycles. The third-order valence-electron chi connectivity index (χ3n) is 2.23. The highest BCUT2D eigenvalue weighted by Gasteiger charge is 2.08. The topological polar surface area (TPSA) is 24.5 Å². The van der Waals surface area contributed by atoms with Crippen molar-refractivity contribution in [3.63, 3.8) is 0 Å². The molecule has 1 N–H and O–H groups in total. The van der Waals surface area contributed by atoms with Crippen LogP contribution in [0.5, 0.6) is 0 Å². The maximum absolute atomic E-state index is 5.03. The predicted molar refractivity (Wildman–Crippen MR) is 73.6 cm³/mol. The van der Waals surface area contributed by atoms with Gasteiger partial charge in [0.1, 0.15) is 0 Å². The normalized spacial score (nSPS) is 11.6. The van der Waals surface area contributed by atoms with Crippen LogP contribution in [-0.4, -0.2) is 51.8 Å². The van der Waals surface area contributed by atoms with Crippen LogP contribution in [0.25, 0.3) is 0 Å². The molecule has 0 unspecified atom stereocenters. The van der Waals surface area contributed by atoms with E-state index in [1.54, 1.807) is 7.11 Å². The van der Waals surface area contributed by atoms with Gasteiger partial charge in [0.15, 0.2) is 0 Å². The van der Waals surface area contributed by atoms with E-state index in [1.807, 2.05) is 0 Å². The summed E-state index contributed by atoms with van der Waals surface area (Å²) in [6.45, 7) is 12.0. The fourth-order valence-electron chi connectivity index (χ4n) is 1.30. The first kappa shape index (κ1) is 18.5. The van der Waals surface area contributed by atoms with E-state index in [1.165, 1.54) is 6.42 Å². The molecule has 0 spiro atoms. The van der Waals surface area contributed by atoms with Crippen LogP contribution >= 0.6 is 12.4 Å². The molecule has 0 amide bonds. The highest BCUT2D eigenvalue weighted by molar-refractivity contribution is 5.85. The summed E-state index contributed by atoms with van der Waals surface area (Å²) in [6.07, 6.45) is 1.20. The zero-order valence-electron chi connectivity index (χ0n) is 11.5. The molecule has 0 heterocycles. The minimum Gasteiger partial charge on any atom is -0.383 e. The number of hydrogen-bond acceptors (Lipinski definition) is 3. The van der Waals surface area contributed by atoms with Gasteiger partial charge in [0.25, 0.3) is 0 Å². The lowest BCUT2D eigenvalue weighted by Crippen LogP contribution is -2.30. The van der Waals surface area contributed by atoms with Gasteiger partial charge in [0.05, 0.1) is 6.61 Å². The van der Waals surface area contributed by atoms with E-state index in [-0.39, 0.29) is 12.4 Å². The van der Waals surface area contributed by atoms with Gasteiger partial charge >= 0.3 is 0 Å². The zero-order valence-corrected chi connectivity index (χ0v) is 12.3. The lowest BCUT2D eigenvalue weighted by atomic mass is 9.97. The van der Waals surface area contributed by atoms with Crippen molar-refractivity contribution in [2.75, 3.05) is 46.9 Å². The van der Waals surface area contributed by atoms with Crippen LogP contribution in [0.2, 0.25) is 0 Å². The van der Waals surface area contributed by atoms with Crippen LogP contribution in [-0.2, 0) is 4.74 Å². The Hall–Kier alpha value is 0.170. The van der Waals surface area contributed by atoms with Crippen LogP contribution in [0, 0.1) is 5.41 Å². The molecule has 100 valence electrons. The molecular formula is C12H29ClN2O. The van der Waals surface area contributed by atoms with E-state index in [9.17, 15) is 0 Å². The molecule has 0 aliphatic rings.